The van der Waals surface area contributed by atoms with Crippen molar-refractivity contribution in [2.75, 3.05) is 23.4 Å². The van der Waals surface area contributed by atoms with Crippen molar-refractivity contribution in [3.63, 3.8) is 0 Å². The summed E-state index contributed by atoms with van der Waals surface area (Å²) in [5.41, 5.74) is 1.98. The number of thioether (sulfide) groups is 1. The van der Waals surface area contributed by atoms with Gasteiger partial charge in [-0.05, 0) is 97.3 Å². The molecule has 8 rings (SSSR count). The van der Waals surface area contributed by atoms with Gasteiger partial charge in [0.2, 0.25) is 11.8 Å². The van der Waals surface area contributed by atoms with Gasteiger partial charge < -0.3 is 24.9 Å². The number of phenols is 1. The molecule has 4 aromatic rings. The summed E-state index contributed by atoms with van der Waals surface area (Å²) in [6, 6.07) is 18.6. The second-order valence-electron chi connectivity index (χ2n) is 12.5. The number of benzene rings is 3. The fourth-order valence-corrected chi connectivity index (χ4v) is 11.2. The topological polar surface area (TPSA) is 138 Å². The molecule has 13 heteroatoms. The van der Waals surface area contributed by atoms with Crippen LogP contribution < -0.4 is 24.6 Å². The van der Waals surface area contributed by atoms with E-state index >= 15 is 0 Å². The van der Waals surface area contributed by atoms with Crippen LogP contribution in [0.1, 0.15) is 29.7 Å². The summed E-state index contributed by atoms with van der Waals surface area (Å²) in [5.74, 6) is -0.814. The van der Waals surface area contributed by atoms with Gasteiger partial charge in [0.15, 0.2) is 18.1 Å². The number of halogens is 1. The van der Waals surface area contributed by atoms with Gasteiger partial charge in [-0.3, -0.25) is 24.1 Å². The number of nitrogens with zero attached hydrogens (tertiary/aromatic N) is 1. The summed E-state index contributed by atoms with van der Waals surface area (Å²) in [6.07, 6.45) is 0.773. The lowest BCUT2D eigenvalue weighted by Crippen LogP contribution is -2.42. The molecule has 4 aliphatic rings. The average molecular weight is 704 g/mol. The van der Waals surface area contributed by atoms with Crippen LogP contribution in [0.2, 0.25) is 5.02 Å². The van der Waals surface area contributed by atoms with E-state index in [1.807, 2.05) is 19.1 Å². The zero-order valence-corrected chi connectivity index (χ0v) is 27.9. The zero-order chi connectivity index (χ0) is 33.3. The van der Waals surface area contributed by atoms with Crippen LogP contribution in [-0.2, 0) is 14.4 Å². The molecule has 2 bridgehead atoms. The number of hydrogen-bond donors (Lipinski definition) is 3. The minimum absolute atomic E-state index is 0.0103. The smallest absolute Gasteiger partial charge is 0.305 e. The van der Waals surface area contributed by atoms with E-state index in [1.165, 1.54) is 28.4 Å². The minimum Gasteiger partial charge on any atom is -0.508 e. The number of thiazole rings is 1. The number of aromatic hydroxyl groups is 1. The maximum atomic E-state index is 14.0. The first-order valence-electron chi connectivity index (χ1n) is 15.7. The van der Waals surface area contributed by atoms with Gasteiger partial charge in [-0.1, -0.05) is 29.0 Å². The predicted molar refractivity (Wildman–Crippen MR) is 182 cm³/mol. The second-order valence-corrected chi connectivity index (χ2v) is 15.1. The molecule has 3 fully saturated rings. The standard InChI is InChI=1S/C35H30ClN3O7S2/c1-2-45-24-13-16(3-12-23(24)46-15-25(41)37-18-6-10-20(40)11-7-18)26-27-21-14-22(30(27)47-32-31(26)48-35(44)38-32)29-28(21)33(42)39(34(29)43)19-8-4-17(36)5-9-19/h3-13,21-22,26-30,40H,2,14-15H2,1H3,(H,37,41)(H,38,44)/t21-,22-,26-,27?,28?,29?,30?/m1/s1. The van der Waals surface area contributed by atoms with Gasteiger partial charge in [0.1, 0.15) is 5.75 Å². The number of phenolic OH excluding ortho intramolecular Hbond substituents is 1. The minimum atomic E-state index is -0.430. The molecule has 48 heavy (non-hydrogen) atoms. The highest BCUT2D eigenvalue weighted by Crippen LogP contribution is 2.68. The molecule has 1 saturated heterocycles. The van der Waals surface area contributed by atoms with Crippen LogP contribution >= 0.6 is 34.7 Å². The summed E-state index contributed by atoms with van der Waals surface area (Å²) in [4.78, 5) is 58.4. The number of carbonyl (C=O) groups is 3. The Morgan fingerprint density at radius 3 is 2.44 bits per heavy atom. The summed E-state index contributed by atoms with van der Waals surface area (Å²) in [7, 11) is 0. The summed E-state index contributed by atoms with van der Waals surface area (Å²) >= 11 is 8.91. The van der Waals surface area contributed by atoms with E-state index in [9.17, 15) is 24.3 Å². The number of nitrogens with one attached hydrogen (secondary N) is 2. The Labute approximate surface area is 288 Å². The number of ether oxygens (including phenoxy) is 2. The van der Waals surface area contributed by atoms with Gasteiger partial charge in [0, 0.05) is 26.8 Å². The van der Waals surface area contributed by atoms with Gasteiger partial charge in [0.05, 0.1) is 29.2 Å². The van der Waals surface area contributed by atoms with Crippen molar-refractivity contribution in [1.82, 2.24) is 4.98 Å². The molecule has 7 atom stereocenters. The van der Waals surface area contributed by atoms with Crippen LogP contribution in [0.25, 0.3) is 0 Å². The maximum absolute atomic E-state index is 14.0. The lowest BCUT2D eigenvalue weighted by atomic mass is 9.68. The van der Waals surface area contributed by atoms with E-state index in [0.29, 0.717) is 34.5 Å². The van der Waals surface area contributed by atoms with Crippen molar-refractivity contribution in [2.24, 2.45) is 29.6 Å². The SMILES string of the molecule is CCOc1cc([C@H]2c3sc(=O)[nH]c3SC3C2[C@H]2C[C@@H]3C3C(=O)N(c4ccc(Cl)cc4)C(=O)C32)ccc1OCC(=O)Nc1ccc(O)cc1. The molecule has 0 spiro atoms. The van der Waals surface area contributed by atoms with E-state index in [0.717, 1.165) is 21.9 Å². The molecular weight excluding hydrogens is 674 g/mol. The number of imide groups is 1. The Morgan fingerprint density at radius 2 is 1.71 bits per heavy atom. The van der Waals surface area contributed by atoms with E-state index in [4.69, 9.17) is 21.1 Å². The van der Waals surface area contributed by atoms with Gasteiger partial charge in [-0.2, -0.15) is 0 Å². The quantitative estimate of drug-likeness (QED) is 0.153. The van der Waals surface area contributed by atoms with Crippen LogP contribution in [-0.4, -0.2) is 46.3 Å². The molecule has 3 amide bonds. The lowest BCUT2D eigenvalue weighted by molar-refractivity contribution is -0.123. The van der Waals surface area contributed by atoms with Crippen molar-refractivity contribution in [3.8, 4) is 17.2 Å². The number of anilines is 2. The molecule has 0 radical (unpaired) electrons. The zero-order valence-electron chi connectivity index (χ0n) is 25.6. The Hall–Kier alpha value is -4.26. The Kier molecular flexibility index (Phi) is 7.77. The number of aromatic nitrogens is 1. The molecule has 2 aliphatic heterocycles. The van der Waals surface area contributed by atoms with E-state index < -0.39 is 11.8 Å². The number of H-pyrrole nitrogens is 1. The van der Waals surface area contributed by atoms with Gasteiger partial charge in [0.25, 0.3) is 5.91 Å². The third-order valence-corrected chi connectivity index (χ3v) is 12.8. The van der Waals surface area contributed by atoms with Crippen molar-refractivity contribution >= 4 is 63.8 Å². The number of carbonyl (C=O) groups excluding carboxylic acids is 3. The fraction of sp³-hybridized carbons (Fsp3) is 0.314. The number of aromatic amines is 1. The van der Waals surface area contributed by atoms with E-state index in [-0.39, 0.29) is 63.9 Å². The highest BCUT2D eigenvalue weighted by molar-refractivity contribution is 8.00. The fourth-order valence-electron chi connectivity index (χ4n) is 8.23. The molecule has 10 nitrogen and oxygen atoms in total. The predicted octanol–water partition coefficient (Wildman–Crippen LogP) is 5.89. The highest BCUT2D eigenvalue weighted by atomic mass is 35.5. The van der Waals surface area contributed by atoms with Crippen LogP contribution in [0.4, 0.5) is 11.4 Å². The Bertz CT molecular complexity index is 2000. The van der Waals surface area contributed by atoms with Crippen LogP contribution in [0.15, 0.2) is 76.6 Å². The number of amides is 3. The summed E-state index contributed by atoms with van der Waals surface area (Å²) < 4.78 is 11.9. The van der Waals surface area contributed by atoms with Crippen LogP contribution in [0, 0.1) is 29.6 Å². The first-order valence-corrected chi connectivity index (χ1v) is 17.8. The van der Waals surface area contributed by atoms with Crippen LogP contribution in [0.5, 0.6) is 17.2 Å². The largest absolute Gasteiger partial charge is 0.508 e. The number of fused-ring (bicyclic) bond motifs is 9. The van der Waals surface area contributed by atoms with Crippen molar-refractivity contribution < 1.29 is 29.0 Å². The molecular formula is C35H30ClN3O7S2. The Morgan fingerprint density at radius 1 is 0.979 bits per heavy atom. The van der Waals surface area contributed by atoms with Gasteiger partial charge >= 0.3 is 4.87 Å². The second kappa shape index (κ2) is 12.0. The third-order valence-electron chi connectivity index (χ3n) is 9.95. The third kappa shape index (κ3) is 5.08. The Balaban J connectivity index is 1.10. The summed E-state index contributed by atoms with van der Waals surface area (Å²) in [5, 5.41) is 13.6. The van der Waals surface area contributed by atoms with Gasteiger partial charge in [-0.25, -0.2) is 0 Å². The van der Waals surface area contributed by atoms with Gasteiger partial charge in [-0.15, -0.1) is 11.8 Å². The highest BCUT2D eigenvalue weighted by Gasteiger charge is 2.69. The first-order chi connectivity index (χ1) is 23.2. The van der Waals surface area contributed by atoms with Crippen molar-refractivity contribution in [3.05, 3.63) is 91.9 Å². The maximum Gasteiger partial charge on any atom is 0.305 e. The van der Waals surface area contributed by atoms with Crippen molar-refractivity contribution in [1.29, 1.82) is 0 Å². The first kappa shape index (κ1) is 31.0. The normalized spacial score (nSPS) is 26.6. The monoisotopic (exact) mass is 703 g/mol. The molecule has 1 aromatic heterocycles. The molecule has 2 saturated carbocycles. The molecule has 3 N–H and O–H groups in total. The van der Waals surface area contributed by atoms with Crippen LogP contribution in [0.3, 0.4) is 0 Å². The molecule has 2 aliphatic carbocycles. The molecule has 4 unspecified atom stereocenters. The average Bonchev–Trinajstić information content (AvgIpc) is 3.81. The molecule has 246 valence electrons. The number of rotatable bonds is 8. The molecule has 3 heterocycles. The summed E-state index contributed by atoms with van der Waals surface area (Å²) in [6.45, 7) is 1.96. The lowest BCUT2D eigenvalue weighted by Gasteiger charge is -2.43. The van der Waals surface area contributed by atoms with Crippen molar-refractivity contribution in [2.45, 2.75) is 29.5 Å². The van der Waals surface area contributed by atoms with E-state index in [1.54, 1.807) is 54.2 Å². The number of hydrogen-bond acceptors (Lipinski definition) is 9. The van der Waals surface area contributed by atoms with E-state index in [2.05, 4.69) is 10.3 Å². The molecule has 3 aromatic carbocycles.